The summed E-state index contributed by atoms with van der Waals surface area (Å²) >= 11 is 0. The fourth-order valence-electron chi connectivity index (χ4n) is 0.401. The SMILES string of the molecule is CCOP(C=[N+]=[N-])OCC. The van der Waals surface area contributed by atoms with Crippen molar-refractivity contribution >= 4 is 14.3 Å². The van der Waals surface area contributed by atoms with Crippen LogP contribution in [-0.4, -0.2) is 24.0 Å². The van der Waals surface area contributed by atoms with Gasteiger partial charge in [0.05, 0.1) is 13.2 Å². The van der Waals surface area contributed by atoms with Gasteiger partial charge in [0.2, 0.25) is 0 Å². The number of rotatable bonds is 5. The van der Waals surface area contributed by atoms with Crippen LogP contribution in [0, 0.1) is 0 Å². The minimum absolute atomic E-state index is 0.567. The molecule has 0 bridgehead atoms. The van der Waals surface area contributed by atoms with Crippen LogP contribution in [0.5, 0.6) is 0 Å². The summed E-state index contributed by atoms with van der Waals surface area (Å²) in [6.45, 7) is 4.86. The normalized spacial score (nSPS) is 9.50. The Morgan fingerprint density at radius 3 is 2.20 bits per heavy atom. The summed E-state index contributed by atoms with van der Waals surface area (Å²) in [4.78, 5) is 2.83. The lowest BCUT2D eigenvalue weighted by Gasteiger charge is -2.04. The second-order valence-electron chi connectivity index (χ2n) is 1.35. The Hall–Kier alpha value is -0.270. The van der Waals surface area contributed by atoms with Crippen molar-refractivity contribution in [1.82, 2.24) is 0 Å². The van der Waals surface area contributed by atoms with Crippen LogP contribution in [0.1, 0.15) is 13.8 Å². The molecule has 0 radical (unpaired) electrons. The first-order valence-corrected chi connectivity index (χ1v) is 4.32. The zero-order valence-corrected chi connectivity index (χ0v) is 7.04. The number of hydrogen-bond acceptors (Lipinski definition) is 2. The Morgan fingerprint density at radius 2 is 1.90 bits per heavy atom. The molecule has 0 rings (SSSR count). The summed E-state index contributed by atoms with van der Waals surface area (Å²) in [5.41, 5.74) is 8.12. The van der Waals surface area contributed by atoms with Gasteiger partial charge in [-0.2, -0.15) is 4.79 Å². The summed E-state index contributed by atoms with van der Waals surface area (Å²) in [5, 5.41) is 0. The van der Waals surface area contributed by atoms with Gasteiger partial charge in [0.15, 0.2) is 0 Å². The molecule has 5 heteroatoms. The summed E-state index contributed by atoms with van der Waals surface area (Å²) in [6, 6.07) is 0. The highest BCUT2D eigenvalue weighted by Crippen LogP contribution is 2.33. The minimum Gasteiger partial charge on any atom is -0.361 e. The molecule has 0 aromatic rings. The van der Waals surface area contributed by atoms with Gasteiger partial charge < -0.3 is 14.6 Å². The molecule has 0 saturated carbocycles. The Labute approximate surface area is 61.7 Å². The first-order valence-electron chi connectivity index (χ1n) is 3.07. The third-order valence-corrected chi connectivity index (χ3v) is 1.98. The minimum atomic E-state index is -1.10. The van der Waals surface area contributed by atoms with E-state index in [1.807, 2.05) is 13.8 Å². The van der Waals surface area contributed by atoms with Crippen molar-refractivity contribution in [2.45, 2.75) is 13.8 Å². The van der Waals surface area contributed by atoms with Gasteiger partial charge in [0, 0.05) is 0 Å². The maximum atomic E-state index is 8.12. The summed E-state index contributed by atoms with van der Waals surface area (Å²) in [7, 11) is -1.10. The Kier molecular flexibility index (Phi) is 6.66. The molecule has 0 aliphatic heterocycles. The Bertz CT molecular complexity index is 119. The Morgan fingerprint density at radius 1 is 1.40 bits per heavy atom. The van der Waals surface area contributed by atoms with Crippen LogP contribution in [0.15, 0.2) is 0 Å². The average molecular weight is 162 g/mol. The lowest BCUT2D eigenvalue weighted by Crippen LogP contribution is -1.91. The second-order valence-corrected chi connectivity index (χ2v) is 2.67. The molecule has 0 fully saturated rings. The highest BCUT2D eigenvalue weighted by atomic mass is 31.2. The lowest BCUT2D eigenvalue weighted by molar-refractivity contribution is 0.00585. The van der Waals surface area contributed by atoms with Crippen molar-refractivity contribution in [3.05, 3.63) is 5.53 Å². The second kappa shape index (κ2) is 6.84. The summed E-state index contributed by atoms with van der Waals surface area (Å²) in [5.74, 6) is 1.27. The zero-order valence-electron chi connectivity index (χ0n) is 6.15. The monoisotopic (exact) mass is 162 g/mol. The van der Waals surface area contributed by atoms with E-state index < -0.39 is 8.38 Å². The molecule has 0 aromatic heterocycles. The van der Waals surface area contributed by atoms with Crippen molar-refractivity contribution in [3.8, 4) is 0 Å². The maximum absolute atomic E-state index is 8.12. The highest BCUT2D eigenvalue weighted by Gasteiger charge is 2.09. The molecule has 0 spiro atoms. The molecule has 0 unspecified atom stereocenters. The summed E-state index contributed by atoms with van der Waals surface area (Å²) in [6.07, 6.45) is 0. The van der Waals surface area contributed by atoms with E-state index in [0.717, 1.165) is 0 Å². The van der Waals surface area contributed by atoms with Gasteiger partial charge in [-0.05, 0) is 13.8 Å². The van der Waals surface area contributed by atoms with Gasteiger partial charge in [-0.25, -0.2) is 0 Å². The largest absolute Gasteiger partial charge is 0.361 e. The molecule has 58 valence electrons. The van der Waals surface area contributed by atoms with E-state index in [4.69, 9.17) is 14.6 Å². The van der Waals surface area contributed by atoms with Crippen molar-refractivity contribution in [3.63, 3.8) is 0 Å². The van der Waals surface area contributed by atoms with Crippen molar-refractivity contribution in [2.75, 3.05) is 13.2 Å². The van der Waals surface area contributed by atoms with Gasteiger partial charge in [-0.1, -0.05) is 0 Å². The van der Waals surface area contributed by atoms with Crippen LogP contribution in [0.3, 0.4) is 0 Å². The van der Waals surface area contributed by atoms with Crippen LogP contribution < -0.4 is 0 Å². The average Bonchev–Trinajstić information content (AvgIpc) is 1.90. The number of hydrogen-bond donors (Lipinski definition) is 0. The fourth-order valence-corrected chi connectivity index (χ4v) is 1.20. The van der Waals surface area contributed by atoms with Crippen LogP contribution in [0.4, 0.5) is 0 Å². The molecular formula is C5H11N2O2P. The standard InChI is InChI=1S/C5H11N2O2P/c1-3-8-10(5-7-6)9-4-2/h5H,3-4H2,1-2H3. The molecule has 0 aromatic carbocycles. The molecular weight excluding hydrogens is 151 g/mol. The van der Waals surface area contributed by atoms with Crippen LogP contribution in [-0.2, 0) is 9.05 Å². The predicted molar refractivity (Wildman–Crippen MR) is 39.9 cm³/mol. The van der Waals surface area contributed by atoms with Crippen LogP contribution >= 0.6 is 8.38 Å². The van der Waals surface area contributed by atoms with Crippen LogP contribution in [0.2, 0.25) is 0 Å². The molecule has 0 saturated heterocycles. The van der Waals surface area contributed by atoms with E-state index >= 15 is 0 Å². The van der Waals surface area contributed by atoms with E-state index in [0.29, 0.717) is 13.2 Å². The molecule has 0 aliphatic rings. The first-order chi connectivity index (χ1) is 4.85. The van der Waals surface area contributed by atoms with Gasteiger partial charge in [-0.15, -0.1) is 0 Å². The van der Waals surface area contributed by atoms with E-state index in [9.17, 15) is 0 Å². The highest BCUT2D eigenvalue weighted by molar-refractivity contribution is 7.63. The predicted octanol–water partition coefficient (Wildman–Crippen LogP) is 1.63. The molecule has 10 heavy (non-hydrogen) atoms. The lowest BCUT2D eigenvalue weighted by atomic mass is 10.9. The van der Waals surface area contributed by atoms with E-state index in [1.165, 1.54) is 5.96 Å². The van der Waals surface area contributed by atoms with E-state index in [-0.39, 0.29) is 0 Å². The van der Waals surface area contributed by atoms with Crippen molar-refractivity contribution in [2.24, 2.45) is 0 Å². The molecule has 0 atom stereocenters. The topological polar surface area (TPSA) is 54.9 Å². The van der Waals surface area contributed by atoms with Gasteiger partial charge >= 0.3 is 5.96 Å². The fraction of sp³-hybridized carbons (Fsp3) is 0.800. The molecule has 0 N–H and O–H groups in total. The quantitative estimate of drug-likeness (QED) is 0.267. The maximum Gasteiger partial charge on any atom is 0.332 e. The van der Waals surface area contributed by atoms with Gasteiger partial charge in [0.1, 0.15) is 0 Å². The van der Waals surface area contributed by atoms with E-state index in [1.54, 1.807) is 0 Å². The summed E-state index contributed by atoms with van der Waals surface area (Å²) < 4.78 is 10.1. The molecule has 0 aliphatic carbocycles. The zero-order chi connectivity index (χ0) is 7.82. The first kappa shape index (κ1) is 9.73. The number of nitrogens with zero attached hydrogens (tertiary/aromatic N) is 2. The third-order valence-electron chi connectivity index (χ3n) is 0.659. The van der Waals surface area contributed by atoms with Crippen molar-refractivity contribution < 1.29 is 13.8 Å². The Balaban J connectivity index is 3.60. The van der Waals surface area contributed by atoms with Crippen molar-refractivity contribution in [1.29, 1.82) is 0 Å². The molecule has 0 amide bonds. The molecule has 0 heterocycles. The smallest absolute Gasteiger partial charge is 0.332 e. The van der Waals surface area contributed by atoms with Crippen LogP contribution in [0.25, 0.3) is 5.53 Å². The van der Waals surface area contributed by atoms with Gasteiger partial charge in [-0.3, -0.25) is 0 Å². The van der Waals surface area contributed by atoms with E-state index in [2.05, 4.69) is 4.79 Å². The van der Waals surface area contributed by atoms with Gasteiger partial charge in [0.25, 0.3) is 8.38 Å². The molecule has 4 nitrogen and oxygen atoms in total. The third kappa shape index (κ3) is 4.59.